The van der Waals surface area contributed by atoms with E-state index in [2.05, 4.69) is 50.9 Å². The maximum Gasteiger partial charge on any atom is 0.191 e. The van der Waals surface area contributed by atoms with E-state index in [9.17, 15) is 0 Å². The maximum atomic E-state index is 5.40. The average Bonchev–Trinajstić information content (AvgIpc) is 2.77. The van der Waals surface area contributed by atoms with E-state index in [0.29, 0.717) is 6.54 Å². The van der Waals surface area contributed by atoms with Crippen LogP contribution in [0.5, 0.6) is 5.75 Å². The highest BCUT2D eigenvalue weighted by Gasteiger charge is 2.04. The first-order valence-corrected chi connectivity index (χ1v) is 9.37. The number of ether oxygens (including phenoxy) is 1. The first-order valence-electron chi connectivity index (χ1n) is 9.37. The Bertz CT molecular complexity index is 909. The Morgan fingerprint density at radius 2 is 1.86 bits per heavy atom. The van der Waals surface area contributed by atoms with Crippen molar-refractivity contribution >= 4 is 5.96 Å². The highest BCUT2D eigenvalue weighted by atomic mass is 16.5. The van der Waals surface area contributed by atoms with Gasteiger partial charge in [0.2, 0.25) is 0 Å². The highest BCUT2D eigenvalue weighted by molar-refractivity contribution is 5.79. The van der Waals surface area contributed by atoms with Crippen LogP contribution in [0, 0.1) is 0 Å². The van der Waals surface area contributed by atoms with Crippen molar-refractivity contribution < 1.29 is 4.74 Å². The fraction of sp³-hybridized carbons (Fsp3) is 0.217. The van der Waals surface area contributed by atoms with Gasteiger partial charge in [0, 0.05) is 31.9 Å². The SMILES string of the molecule is CN=C(NCCc1ccccc1OC)NCc1cccc(-c2ccccn2)c1. The Hall–Kier alpha value is -3.34. The molecule has 0 aliphatic heterocycles. The van der Waals surface area contributed by atoms with Crippen LogP contribution in [-0.4, -0.2) is 31.6 Å². The molecule has 0 aliphatic carbocycles. The molecule has 1 aromatic heterocycles. The lowest BCUT2D eigenvalue weighted by Crippen LogP contribution is -2.37. The van der Waals surface area contributed by atoms with Crippen molar-refractivity contribution in [3.8, 4) is 17.0 Å². The molecule has 144 valence electrons. The van der Waals surface area contributed by atoms with Gasteiger partial charge in [-0.05, 0) is 41.8 Å². The van der Waals surface area contributed by atoms with E-state index in [0.717, 1.165) is 35.9 Å². The number of hydrogen-bond acceptors (Lipinski definition) is 3. The smallest absolute Gasteiger partial charge is 0.191 e. The summed E-state index contributed by atoms with van der Waals surface area (Å²) in [6.45, 7) is 1.46. The molecule has 1 heterocycles. The van der Waals surface area contributed by atoms with Crippen molar-refractivity contribution in [3.05, 3.63) is 84.1 Å². The van der Waals surface area contributed by atoms with Gasteiger partial charge in [-0.15, -0.1) is 0 Å². The van der Waals surface area contributed by atoms with Crippen LogP contribution in [0.2, 0.25) is 0 Å². The lowest BCUT2D eigenvalue weighted by atomic mass is 10.1. The molecule has 0 saturated carbocycles. The molecular formula is C23H26N4O. The summed E-state index contributed by atoms with van der Waals surface area (Å²) >= 11 is 0. The van der Waals surface area contributed by atoms with Gasteiger partial charge in [0.25, 0.3) is 0 Å². The predicted octanol–water partition coefficient (Wildman–Crippen LogP) is 3.66. The third-order valence-corrected chi connectivity index (χ3v) is 4.45. The fourth-order valence-corrected chi connectivity index (χ4v) is 3.01. The van der Waals surface area contributed by atoms with E-state index in [1.807, 2.05) is 42.6 Å². The van der Waals surface area contributed by atoms with Gasteiger partial charge in [-0.3, -0.25) is 9.98 Å². The Kier molecular flexibility index (Phi) is 7.01. The molecule has 0 bridgehead atoms. The van der Waals surface area contributed by atoms with Crippen molar-refractivity contribution in [3.63, 3.8) is 0 Å². The van der Waals surface area contributed by atoms with Gasteiger partial charge in [-0.1, -0.05) is 42.5 Å². The summed E-state index contributed by atoms with van der Waals surface area (Å²) in [6.07, 6.45) is 2.67. The maximum absolute atomic E-state index is 5.40. The molecule has 5 nitrogen and oxygen atoms in total. The summed E-state index contributed by atoms with van der Waals surface area (Å²) in [5.41, 5.74) is 4.44. The van der Waals surface area contributed by atoms with Crippen molar-refractivity contribution in [1.82, 2.24) is 15.6 Å². The molecule has 0 spiro atoms. The average molecular weight is 374 g/mol. The normalized spacial score (nSPS) is 11.1. The number of methoxy groups -OCH3 is 1. The molecular weight excluding hydrogens is 348 g/mol. The molecule has 0 radical (unpaired) electrons. The lowest BCUT2D eigenvalue weighted by molar-refractivity contribution is 0.409. The number of guanidine groups is 1. The topological polar surface area (TPSA) is 58.5 Å². The van der Waals surface area contributed by atoms with Crippen molar-refractivity contribution in [2.45, 2.75) is 13.0 Å². The van der Waals surface area contributed by atoms with Gasteiger partial charge < -0.3 is 15.4 Å². The minimum Gasteiger partial charge on any atom is -0.496 e. The Balaban J connectivity index is 1.53. The fourth-order valence-electron chi connectivity index (χ4n) is 3.01. The minimum atomic E-state index is 0.689. The lowest BCUT2D eigenvalue weighted by Gasteiger charge is -2.13. The number of rotatable bonds is 7. The molecule has 0 aliphatic rings. The van der Waals surface area contributed by atoms with Crippen LogP contribution in [0.25, 0.3) is 11.3 Å². The van der Waals surface area contributed by atoms with Gasteiger partial charge in [-0.2, -0.15) is 0 Å². The van der Waals surface area contributed by atoms with E-state index >= 15 is 0 Å². The van der Waals surface area contributed by atoms with Gasteiger partial charge in [0.05, 0.1) is 12.8 Å². The van der Waals surface area contributed by atoms with Gasteiger partial charge in [0.1, 0.15) is 5.75 Å². The number of nitrogens with zero attached hydrogens (tertiary/aromatic N) is 2. The summed E-state index contributed by atoms with van der Waals surface area (Å²) in [7, 11) is 3.48. The molecule has 3 rings (SSSR count). The number of nitrogens with one attached hydrogen (secondary N) is 2. The van der Waals surface area contributed by atoms with Crippen LogP contribution >= 0.6 is 0 Å². The molecule has 0 saturated heterocycles. The summed E-state index contributed by atoms with van der Waals surface area (Å²) in [6, 6.07) is 22.4. The van der Waals surface area contributed by atoms with Crippen molar-refractivity contribution in [2.75, 3.05) is 20.7 Å². The van der Waals surface area contributed by atoms with E-state index in [1.54, 1.807) is 14.2 Å². The standard InChI is InChI=1S/C23H26N4O/c1-24-23(26-15-13-19-9-3-4-12-22(19)28-2)27-17-18-8-7-10-20(16-18)21-11-5-6-14-25-21/h3-12,14,16H,13,15,17H2,1-2H3,(H2,24,26,27). The summed E-state index contributed by atoms with van der Waals surface area (Å²) in [4.78, 5) is 8.73. The number of hydrogen-bond donors (Lipinski definition) is 2. The minimum absolute atomic E-state index is 0.689. The molecule has 28 heavy (non-hydrogen) atoms. The van der Waals surface area contributed by atoms with Crippen LogP contribution < -0.4 is 15.4 Å². The van der Waals surface area contributed by atoms with E-state index < -0.39 is 0 Å². The Morgan fingerprint density at radius 1 is 1.00 bits per heavy atom. The zero-order chi connectivity index (χ0) is 19.6. The summed E-state index contributed by atoms with van der Waals surface area (Å²) in [5, 5.41) is 6.72. The van der Waals surface area contributed by atoms with E-state index in [-0.39, 0.29) is 0 Å². The molecule has 0 unspecified atom stereocenters. The highest BCUT2D eigenvalue weighted by Crippen LogP contribution is 2.18. The van der Waals surface area contributed by atoms with Crippen LogP contribution in [0.15, 0.2) is 77.9 Å². The summed E-state index contributed by atoms with van der Waals surface area (Å²) < 4.78 is 5.40. The molecule has 2 N–H and O–H groups in total. The second kappa shape index (κ2) is 10.1. The van der Waals surface area contributed by atoms with Crippen LogP contribution in [0.4, 0.5) is 0 Å². The van der Waals surface area contributed by atoms with Crippen LogP contribution in [0.1, 0.15) is 11.1 Å². The monoisotopic (exact) mass is 374 g/mol. The third-order valence-electron chi connectivity index (χ3n) is 4.45. The number of aliphatic imine (C=N–C) groups is 1. The number of aromatic nitrogens is 1. The zero-order valence-corrected chi connectivity index (χ0v) is 16.4. The van der Waals surface area contributed by atoms with Gasteiger partial charge in [0.15, 0.2) is 5.96 Å². The third kappa shape index (κ3) is 5.33. The van der Waals surface area contributed by atoms with Gasteiger partial charge in [-0.25, -0.2) is 0 Å². The molecule has 0 fully saturated rings. The quantitative estimate of drug-likeness (QED) is 0.489. The van der Waals surface area contributed by atoms with E-state index in [4.69, 9.17) is 4.74 Å². The van der Waals surface area contributed by atoms with Crippen LogP contribution in [-0.2, 0) is 13.0 Å². The molecule has 0 amide bonds. The summed E-state index contributed by atoms with van der Waals surface area (Å²) in [5.74, 6) is 1.69. The van der Waals surface area contributed by atoms with Crippen molar-refractivity contribution in [1.29, 1.82) is 0 Å². The second-order valence-electron chi connectivity index (χ2n) is 6.33. The Morgan fingerprint density at radius 3 is 2.64 bits per heavy atom. The van der Waals surface area contributed by atoms with Gasteiger partial charge >= 0.3 is 0 Å². The first-order chi connectivity index (χ1) is 13.8. The first kappa shape index (κ1) is 19.4. The number of pyridine rings is 1. The van der Waals surface area contributed by atoms with Crippen molar-refractivity contribution in [2.24, 2.45) is 4.99 Å². The molecule has 5 heteroatoms. The van der Waals surface area contributed by atoms with E-state index in [1.165, 1.54) is 11.1 Å². The number of para-hydroxylation sites is 1. The Labute approximate surface area is 166 Å². The zero-order valence-electron chi connectivity index (χ0n) is 16.4. The predicted molar refractivity (Wildman–Crippen MR) is 115 cm³/mol. The molecule has 2 aromatic carbocycles. The molecule has 0 atom stereocenters. The second-order valence-corrected chi connectivity index (χ2v) is 6.33. The van der Waals surface area contributed by atoms with Crippen LogP contribution in [0.3, 0.4) is 0 Å². The number of benzene rings is 2. The molecule has 3 aromatic rings. The largest absolute Gasteiger partial charge is 0.496 e.